The van der Waals surface area contributed by atoms with Gasteiger partial charge in [0.1, 0.15) is 12.3 Å². The summed E-state index contributed by atoms with van der Waals surface area (Å²) in [6.07, 6.45) is 0. The predicted octanol–water partition coefficient (Wildman–Crippen LogP) is 1.14. The molecule has 7 nitrogen and oxygen atoms in total. The fraction of sp³-hybridized carbons (Fsp3) is 0.400. The van der Waals surface area contributed by atoms with Gasteiger partial charge in [-0.2, -0.15) is 0 Å². The van der Waals surface area contributed by atoms with Gasteiger partial charge in [0.15, 0.2) is 5.82 Å². The van der Waals surface area contributed by atoms with Crippen LogP contribution in [0.3, 0.4) is 0 Å². The number of tetrazole rings is 1. The number of carbonyl (C=O) groups is 1. The van der Waals surface area contributed by atoms with Gasteiger partial charge in [0, 0.05) is 5.92 Å². The molecule has 90 valence electrons. The zero-order valence-corrected chi connectivity index (χ0v) is 9.49. The van der Waals surface area contributed by atoms with Crippen LogP contribution in [0.1, 0.15) is 41.9 Å². The summed E-state index contributed by atoms with van der Waals surface area (Å²) in [5.41, 5.74) is 0. The molecule has 0 atom stereocenters. The highest BCUT2D eigenvalue weighted by molar-refractivity contribution is 5.84. The first-order chi connectivity index (χ1) is 8.08. The molecule has 2 aromatic heterocycles. The Balaban J connectivity index is 2.19. The topological polar surface area (TPSA) is 94.0 Å². The van der Waals surface area contributed by atoms with E-state index in [1.54, 1.807) is 10.7 Å². The monoisotopic (exact) mass is 236 g/mol. The smallest absolute Gasteiger partial charge is 0.371 e. The van der Waals surface area contributed by atoms with Gasteiger partial charge in [-0.3, -0.25) is 0 Å². The summed E-state index contributed by atoms with van der Waals surface area (Å²) >= 11 is 0. The van der Waals surface area contributed by atoms with Crippen LogP contribution in [0.25, 0.3) is 0 Å². The van der Waals surface area contributed by atoms with Crippen LogP contribution < -0.4 is 0 Å². The van der Waals surface area contributed by atoms with E-state index < -0.39 is 5.97 Å². The molecule has 0 radical (unpaired) electrons. The van der Waals surface area contributed by atoms with Crippen LogP contribution in [0.2, 0.25) is 0 Å². The average molecular weight is 236 g/mol. The van der Waals surface area contributed by atoms with Gasteiger partial charge in [0.2, 0.25) is 5.76 Å². The van der Waals surface area contributed by atoms with Crippen LogP contribution in [0.4, 0.5) is 0 Å². The van der Waals surface area contributed by atoms with Crippen LogP contribution >= 0.6 is 0 Å². The molecular formula is C10H12N4O3. The van der Waals surface area contributed by atoms with E-state index in [1.807, 2.05) is 13.8 Å². The first-order valence-corrected chi connectivity index (χ1v) is 5.16. The lowest BCUT2D eigenvalue weighted by Gasteiger charge is -2.04. The van der Waals surface area contributed by atoms with Crippen molar-refractivity contribution in [2.24, 2.45) is 0 Å². The molecule has 2 rings (SSSR count). The molecule has 0 aliphatic carbocycles. The van der Waals surface area contributed by atoms with Crippen molar-refractivity contribution >= 4 is 5.97 Å². The number of aromatic nitrogens is 4. The second-order valence-electron chi connectivity index (χ2n) is 3.92. The maximum atomic E-state index is 10.7. The molecule has 0 saturated carbocycles. The van der Waals surface area contributed by atoms with Crippen LogP contribution in [0.5, 0.6) is 0 Å². The van der Waals surface area contributed by atoms with Gasteiger partial charge < -0.3 is 9.52 Å². The Labute approximate surface area is 97.0 Å². The minimum Gasteiger partial charge on any atom is -0.475 e. The molecule has 0 bridgehead atoms. The fourth-order valence-corrected chi connectivity index (χ4v) is 1.46. The van der Waals surface area contributed by atoms with E-state index >= 15 is 0 Å². The van der Waals surface area contributed by atoms with Crippen molar-refractivity contribution in [1.82, 2.24) is 20.2 Å². The van der Waals surface area contributed by atoms with Gasteiger partial charge in [-0.05, 0) is 22.6 Å². The van der Waals surface area contributed by atoms with Crippen LogP contribution in [0, 0.1) is 0 Å². The zero-order valence-electron chi connectivity index (χ0n) is 9.49. The quantitative estimate of drug-likeness (QED) is 0.855. The normalized spacial score (nSPS) is 11.0. The van der Waals surface area contributed by atoms with Gasteiger partial charge in [0.25, 0.3) is 0 Å². The molecular weight excluding hydrogens is 224 g/mol. The zero-order chi connectivity index (χ0) is 12.4. The highest BCUT2D eigenvalue weighted by Crippen LogP contribution is 2.13. The van der Waals surface area contributed by atoms with Crippen LogP contribution in [0.15, 0.2) is 16.5 Å². The van der Waals surface area contributed by atoms with Gasteiger partial charge >= 0.3 is 5.97 Å². The third-order valence-electron chi connectivity index (χ3n) is 2.25. The average Bonchev–Trinajstić information content (AvgIpc) is 2.86. The third kappa shape index (κ3) is 2.32. The van der Waals surface area contributed by atoms with E-state index in [0.717, 1.165) is 5.82 Å². The molecule has 0 aliphatic heterocycles. The highest BCUT2D eigenvalue weighted by Gasteiger charge is 2.13. The fourth-order valence-electron chi connectivity index (χ4n) is 1.46. The lowest BCUT2D eigenvalue weighted by molar-refractivity contribution is 0.0660. The van der Waals surface area contributed by atoms with Gasteiger partial charge in [-0.25, -0.2) is 9.48 Å². The maximum Gasteiger partial charge on any atom is 0.371 e. The van der Waals surface area contributed by atoms with Crippen molar-refractivity contribution in [3.05, 3.63) is 29.5 Å². The molecule has 0 amide bonds. The maximum absolute atomic E-state index is 10.7. The van der Waals surface area contributed by atoms with Crippen molar-refractivity contribution in [3.8, 4) is 0 Å². The number of carboxylic acid groups (broad SMARTS) is 1. The number of furan rings is 1. The van der Waals surface area contributed by atoms with Crippen molar-refractivity contribution in [3.63, 3.8) is 0 Å². The van der Waals surface area contributed by atoms with Gasteiger partial charge in [-0.1, -0.05) is 13.8 Å². The first-order valence-electron chi connectivity index (χ1n) is 5.16. The van der Waals surface area contributed by atoms with Gasteiger partial charge in [0.05, 0.1) is 0 Å². The molecule has 0 aromatic carbocycles. The highest BCUT2D eigenvalue weighted by atomic mass is 16.4. The summed E-state index contributed by atoms with van der Waals surface area (Å²) in [5.74, 6) is 0.269. The molecule has 7 heteroatoms. The van der Waals surface area contributed by atoms with E-state index in [9.17, 15) is 4.79 Å². The van der Waals surface area contributed by atoms with Crippen LogP contribution in [-0.4, -0.2) is 31.3 Å². The standard InChI is InChI=1S/C10H12N4O3/c1-6(2)9-11-12-13-14(9)5-7-3-4-8(17-7)10(15)16/h3-4,6H,5H2,1-2H3,(H,15,16). The second kappa shape index (κ2) is 4.36. The summed E-state index contributed by atoms with van der Waals surface area (Å²) in [6.45, 7) is 4.29. The van der Waals surface area contributed by atoms with Gasteiger partial charge in [-0.15, -0.1) is 5.10 Å². The van der Waals surface area contributed by atoms with E-state index in [1.165, 1.54) is 6.07 Å². The Morgan fingerprint density at radius 3 is 2.88 bits per heavy atom. The summed E-state index contributed by atoms with van der Waals surface area (Å²) in [4.78, 5) is 10.7. The van der Waals surface area contributed by atoms with Crippen molar-refractivity contribution in [2.75, 3.05) is 0 Å². The Morgan fingerprint density at radius 1 is 1.53 bits per heavy atom. The van der Waals surface area contributed by atoms with E-state index in [0.29, 0.717) is 12.3 Å². The number of rotatable bonds is 4. The number of hydrogen-bond acceptors (Lipinski definition) is 5. The summed E-state index contributed by atoms with van der Waals surface area (Å²) in [5, 5.41) is 20.0. The molecule has 0 saturated heterocycles. The van der Waals surface area contributed by atoms with Crippen molar-refractivity contribution < 1.29 is 14.3 Å². The molecule has 1 N–H and O–H groups in total. The Morgan fingerprint density at radius 2 is 2.29 bits per heavy atom. The second-order valence-corrected chi connectivity index (χ2v) is 3.92. The summed E-state index contributed by atoms with van der Waals surface area (Å²) in [7, 11) is 0. The Kier molecular flexibility index (Phi) is 2.90. The third-order valence-corrected chi connectivity index (χ3v) is 2.25. The number of aromatic carboxylic acids is 1. The molecule has 2 aromatic rings. The number of carboxylic acids is 1. The van der Waals surface area contributed by atoms with Crippen molar-refractivity contribution in [1.29, 1.82) is 0 Å². The van der Waals surface area contributed by atoms with Crippen LogP contribution in [-0.2, 0) is 6.54 Å². The van der Waals surface area contributed by atoms with E-state index in [2.05, 4.69) is 15.5 Å². The molecule has 0 unspecified atom stereocenters. The molecule has 2 heterocycles. The number of nitrogens with zero attached hydrogens (tertiary/aromatic N) is 4. The summed E-state index contributed by atoms with van der Waals surface area (Å²) in [6, 6.07) is 3.02. The largest absolute Gasteiger partial charge is 0.475 e. The minimum absolute atomic E-state index is 0.0841. The lowest BCUT2D eigenvalue weighted by atomic mass is 10.2. The summed E-state index contributed by atoms with van der Waals surface area (Å²) < 4.78 is 6.73. The van der Waals surface area contributed by atoms with E-state index in [-0.39, 0.29) is 11.7 Å². The molecule has 17 heavy (non-hydrogen) atoms. The first kappa shape index (κ1) is 11.3. The minimum atomic E-state index is -1.09. The number of hydrogen-bond donors (Lipinski definition) is 1. The lowest BCUT2D eigenvalue weighted by Crippen LogP contribution is -2.07. The van der Waals surface area contributed by atoms with E-state index in [4.69, 9.17) is 9.52 Å². The predicted molar refractivity (Wildman–Crippen MR) is 56.7 cm³/mol. The molecule has 0 fully saturated rings. The Bertz CT molecular complexity index is 529. The Hall–Kier alpha value is -2.18. The molecule has 0 aliphatic rings. The van der Waals surface area contributed by atoms with Crippen molar-refractivity contribution in [2.45, 2.75) is 26.3 Å². The SMILES string of the molecule is CC(C)c1nnnn1Cc1ccc(C(=O)O)o1. The molecule has 0 spiro atoms.